The third kappa shape index (κ3) is 3.74. The molecule has 0 saturated heterocycles. The fraction of sp³-hybridized carbons (Fsp3) is 0.444. The average molecular weight is 290 g/mol. The Morgan fingerprint density at radius 3 is 3.06 bits per heavy atom. The van der Waals surface area contributed by atoms with E-state index in [1.54, 1.807) is 0 Å². The monoisotopic (exact) mass is 289 g/mol. The number of hydrogen-bond acceptors (Lipinski definition) is 5. The van der Waals surface area contributed by atoms with Crippen LogP contribution in [0.15, 0.2) is 16.7 Å². The molecule has 7 heteroatoms. The summed E-state index contributed by atoms with van der Waals surface area (Å²) in [5.41, 5.74) is -0.0501. The molecule has 1 rings (SSSR count). The summed E-state index contributed by atoms with van der Waals surface area (Å²) in [4.78, 5) is 14.2. The molecule has 1 aromatic heterocycles. The fourth-order valence-electron chi connectivity index (χ4n) is 1.09. The lowest BCUT2D eigenvalue weighted by Gasteiger charge is -2.06. The lowest BCUT2D eigenvalue weighted by molar-refractivity contribution is -0.384. The highest BCUT2D eigenvalue weighted by Crippen LogP contribution is 2.24. The Morgan fingerprint density at radius 1 is 1.69 bits per heavy atom. The summed E-state index contributed by atoms with van der Waals surface area (Å²) in [6.07, 6.45) is 1.51. The highest BCUT2D eigenvalue weighted by Gasteiger charge is 2.14. The van der Waals surface area contributed by atoms with E-state index >= 15 is 0 Å². The minimum atomic E-state index is -0.471. The highest BCUT2D eigenvalue weighted by molar-refractivity contribution is 9.10. The molecule has 1 N–H and O–H groups in total. The molecule has 0 aliphatic carbocycles. The number of aromatic nitrogens is 1. The normalized spacial score (nSPS) is 10.1. The molecular weight excluding hydrogens is 278 g/mol. The van der Waals surface area contributed by atoms with Crippen LogP contribution in [0.5, 0.6) is 0 Å². The minimum Gasteiger partial charge on any atom is -0.380 e. The first-order valence-electron chi connectivity index (χ1n) is 4.76. The Balaban J connectivity index is 2.67. The van der Waals surface area contributed by atoms with Gasteiger partial charge < -0.3 is 10.1 Å². The van der Waals surface area contributed by atoms with Crippen LogP contribution in [0, 0.1) is 10.1 Å². The Labute approximate surface area is 101 Å². The van der Waals surface area contributed by atoms with Gasteiger partial charge in [-0.3, -0.25) is 10.1 Å². The number of halogens is 1. The molecule has 6 nitrogen and oxygen atoms in total. The van der Waals surface area contributed by atoms with Crippen LogP contribution in [0.1, 0.15) is 6.92 Å². The van der Waals surface area contributed by atoms with Crippen molar-refractivity contribution < 1.29 is 9.66 Å². The number of hydrogen-bond donors (Lipinski definition) is 1. The molecular formula is C9H12BrN3O3. The zero-order valence-electron chi connectivity index (χ0n) is 8.77. The van der Waals surface area contributed by atoms with E-state index in [1.165, 1.54) is 12.3 Å². The second-order valence-corrected chi connectivity index (χ2v) is 3.82. The van der Waals surface area contributed by atoms with Gasteiger partial charge in [0, 0.05) is 29.9 Å². The summed E-state index contributed by atoms with van der Waals surface area (Å²) >= 11 is 3.14. The van der Waals surface area contributed by atoms with Crippen molar-refractivity contribution in [2.24, 2.45) is 0 Å². The first-order chi connectivity index (χ1) is 7.65. The highest BCUT2D eigenvalue weighted by atomic mass is 79.9. The standard InChI is InChI=1S/C9H12BrN3O3/c1-2-16-4-3-11-9-8(13(14)15)5-7(10)6-12-9/h5-6H,2-4H2,1H3,(H,11,12). The summed E-state index contributed by atoms with van der Waals surface area (Å²) in [6.45, 7) is 3.49. The largest absolute Gasteiger partial charge is 0.380 e. The number of anilines is 1. The summed E-state index contributed by atoms with van der Waals surface area (Å²) in [7, 11) is 0. The quantitative estimate of drug-likeness (QED) is 0.493. The number of rotatable bonds is 6. The van der Waals surface area contributed by atoms with Gasteiger partial charge in [-0.05, 0) is 22.9 Å². The van der Waals surface area contributed by atoms with Crippen molar-refractivity contribution >= 4 is 27.4 Å². The van der Waals surface area contributed by atoms with E-state index in [0.717, 1.165) is 0 Å². The maximum Gasteiger partial charge on any atom is 0.312 e. The summed E-state index contributed by atoms with van der Waals surface area (Å²) in [5, 5.41) is 13.6. The lowest BCUT2D eigenvalue weighted by atomic mass is 10.4. The van der Waals surface area contributed by atoms with Crippen LogP contribution in [0.2, 0.25) is 0 Å². The molecule has 88 valence electrons. The lowest BCUT2D eigenvalue weighted by Crippen LogP contribution is -2.11. The molecule has 0 fully saturated rings. The number of nitrogens with one attached hydrogen (secondary N) is 1. The topological polar surface area (TPSA) is 77.3 Å². The molecule has 0 aliphatic heterocycles. The predicted octanol–water partition coefficient (Wildman–Crippen LogP) is 2.20. The van der Waals surface area contributed by atoms with E-state index in [1.807, 2.05) is 6.92 Å². The van der Waals surface area contributed by atoms with Crippen LogP contribution in [-0.4, -0.2) is 29.7 Å². The molecule has 0 saturated carbocycles. The van der Waals surface area contributed by atoms with Crippen LogP contribution < -0.4 is 5.32 Å². The van der Waals surface area contributed by atoms with E-state index in [2.05, 4.69) is 26.2 Å². The molecule has 16 heavy (non-hydrogen) atoms. The van der Waals surface area contributed by atoms with E-state index in [-0.39, 0.29) is 11.5 Å². The van der Waals surface area contributed by atoms with Gasteiger partial charge in [-0.25, -0.2) is 4.98 Å². The Morgan fingerprint density at radius 2 is 2.44 bits per heavy atom. The fourth-order valence-corrected chi connectivity index (χ4v) is 1.41. The molecule has 1 heterocycles. The van der Waals surface area contributed by atoms with Crippen LogP contribution in [0.3, 0.4) is 0 Å². The molecule has 0 radical (unpaired) electrons. The zero-order valence-corrected chi connectivity index (χ0v) is 10.4. The van der Waals surface area contributed by atoms with E-state index < -0.39 is 4.92 Å². The van der Waals surface area contributed by atoms with Gasteiger partial charge in [0.1, 0.15) is 0 Å². The maximum absolute atomic E-state index is 10.7. The number of nitrogens with zero attached hydrogens (tertiary/aromatic N) is 2. The smallest absolute Gasteiger partial charge is 0.312 e. The molecule has 0 atom stereocenters. The average Bonchev–Trinajstić information content (AvgIpc) is 2.26. The van der Waals surface area contributed by atoms with Crippen LogP contribution >= 0.6 is 15.9 Å². The van der Waals surface area contributed by atoms with Crippen LogP contribution in [0.4, 0.5) is 11.5 Å². The number of nitro groups is 1. The molecule has 1 aromatic rings. The van der Waals surface area contributed by atoms with Gasteiger partial charge in [-0.15, -0.1) is 0 Å². The van der Waals surface area contributed by atoms with Gasteiger partial charge in [0.05, 0.1) is 11.5 Å². The van der Waals surface area contributed by atoms with Crippen molar-refractivity contribution in [1.29, 1.82) is 0 Å². The van der Waals surface area contributed by atoms with Crippen LogP contribution in [0.25, 0.3) is 0 Å². The van der Waals surface area contributed by atoms with Crippen molar-refractivity contribution in [1.82, 2.24) is 4.98 Å². The molecule has 0 unspecified atom stereocenters. The van der Waals surface area contributed by atoms with Gasteiger partial charge in [0.15, 0.2) is 0 Å². The van der Waals surface area contributed by atoms with Gasteiger partial charge >= 0.3 is 5.69 Å². The SMILES string of the molecule is CCOCCNc1ncc(Br)cc1[N+](=O)[O-]. The molecule has 0 aromatic carbocycles. The Hall–Kier alpha value is -1.21. The zero-order chi connectivity index (χ0) is 12.0. The van der Waals surface area contributed by atoms with Crippen molar-refractivity contribution in [3.05, 3.63) is 26.9 Å². The molecule has 0 amide bonds. The Kier molecular flexibility index (Phi) is 5.13. The summed E-state index contributed by atoms with van der Waals surface area (Å²) in [6, 6.07) is 1.41. The first kappa shape index (κ1) is 12.9. The molecule has 0 aliphatic rings. The van der Waals surface area contributed by atoms with Gasteiger partial charge in [0.25, 0.3) is 0 Å². The van der Waals surface area contributed by atoms with E-state index in [9.17, 15) is 10.1 Å². The second kappa shape index (κ2) is 6.39. The van der Waals surface area contributed by atoms with E-state index in [4.69, 9.17) is 4.74 Å². The van der Waals surface area contributed by atoms with Gasteiger partial charge in [0.2, 0.25) is 5.82 Å². The van der Waals surface area contributed by atoms with Crippen molar-refractivity contribution in [2.45, 2.75) is 6.92 Å². The first-order valence-corrected chi connectivity index (χ1v) is 5.56. The summed E-state index contributed by atoms with van der Waals surface area (Å²) in [5.74, 6) is 0.257. The predicted molar refractivity (Wildman–Crippen MR) is 63.6 cm³/mol. The van der Waals surface area contributed by atoms with Gasteiger partial charge in [-0.1, -0.05) is 0 Å². The third-order valence-electron chi connectivity index (χ3n) is 1.77. The summed E-state index contributed by atoms with van der Waals surface area (Å²) < 4.78 is 5.69. The second-order valence-electron chi connectivity index (χ2n) is 2.90. The molecule has 0 bridgehead atoms. The minimum absolute atomic E-state index is 0.0501. The van der Waals surface area contributed by atoms with Gasteiger partial charge in [-0.2, -0.15) is 0 Å². The third-order valence-corrected chi connectivity index (χ3v) is 2.21. The van der Waals surface area contributed by atoms with E-state index in [0.29, 0.717) is 24.2 Å². The maximum atomic E-state index is 10.7. The van der Waals surface area contributed by atoms with Crippen molar-refractivity contribution in [2.75, 3.05) is 25.1 Å². The number of ether oxygens (including phenoxy) is 1. The van der Waals surface area contributed by atoms with Crippen molar-refractivity contribution in [3.8, 4) is 0 Å². The van der Waals surface area contributed by atoms with Crippen LogP contribution in [-0.2, 0) is 4.74 Å². The molecule has 0 spiro atoms. The Bertz CT molecular complexity index is 373. The van der Waals surface area contributed by atoms with Crippen molar-refractivity contribution in [3.63, 3.8) is 0 Å². The number of pyridine rings is 1.